The van der Waals surface area contributed by atoms with Crippen LogP contribution in [0.2, 0.25) is 0 Å². The first kappa shape index (κ1) is 13.8. The monoisotopic (exact) mass is 652 g/mol. The van der Waals surface area contributed by atoms with Crippen molar-refractivity contribution in [2.24, 2.45) is 0 Å². The van der Waals surface area contributed by atoms with Gasteiger partial charge in [-0.1, -0.05) is 157 Å². The van der Waals surface area contributed by atoms with E-state index in [1.54, 1.807) is 48.5 Å². The van der Waals surface area contributed by atoms with Crippen molar-refractivity contribution in [3.63, 3.8) is 0 Å². The van der Waals surface area contributed by atoms with Crippen molar-refractivity contribution in [2.75, 3.05) is 0 Å². The second kappa shape index (κ2) is 10.5. The zero-order chi connectivity index (χ0) is 51.9. The third kappa shape index (κ3) is 4.00. The van der Waals surface area contributed by atoms with E-state index in [2.05, 4.69) is 0 Å². The fourth-order valence-electron chi connectivity index (χ4n) is 7.08. The maximum absolute atomic E-state index is 9.43. The first-order valence-electron chi connectivity index (χ1n) is 26.6. The van der Waals surface area contributed by atoms with E-state index in [9.17, 15) is 5.48 Å². The Labute approximate surface area is 320 Å². The first-order chi connectivity index (χ1) is 34.0. The maximum atomic E-state index is 9.43. The molecule has 0 aromatic heterocycles. The van der Waals surface area contributed by atoms with Gasteiger partial charge in [0.05, 0.1) is 30.2 Å². The van der Waals surface area contributed by atoms with Gasteiger partial charge in [-0.15, -0.1) is 0 Å². The largest absolute Gasteiger partial charge is 0.0636 e. The van der Waals surface area contributed by atoms with Crippen molar-refractivity contribution in [3.8, 4) is 22.3 Å². The summed E-state index contributed by atoms with van der Waals surface area (Å²) in [4.78, 5) is 0. The average molecular weight is 653 g/mol. The fourth-order valence-corrected chi connectivity index (χ4v) is 7.08. The topological polar surface area (TPSA) is 0 Å². The summed E-state index contributed by atoms with van der Waals surface area (Å²) in [6, 6.07) is 0.477. The Morgan fingerprint density at radius 1 is 0.260 bits per heavy atom. The van der Waals surface area contributed by atoms with E-state index in [0.29, 0.717) is 21.5 Å². The molecule has 0 unspecified atom stereocenters. The predicted octanol–water partition coefficient (Wildman–Crippen LogP) is 14.2. The molecular weight excluding hydrogens is 601 g/mol. The smallest absolute Gasteiger partial charge is 0.0616 e. The Balaban J connectivity index is 1.23. The van der Waals surface area contributed by atoms with Crippen molar-refractivity contribution >= 4 is 86.2 Å². The van der Waals surface area contributed by atoms with E-state index >= 15 is 0 Å². The summed E-state index contributed by atoms with van der Waals surface area (Å²) in [5.41, 5.74) is 0.639. The van der Waals surface area contributed by atoms with E-state index in [-0.39, 0.29) is 86.9 Å². The number of hydrogen-bond donors (Lipinski definition) is 0. The quantitative estimate of drug-likeness (QED) is 0.129. The van der Waals surface area contributed by atoms with Crippen LogP contribution in [0.15, 0.2) is 181 Å². The molecule has 0 aliphatic carbocycles. The SMILES string of the molecule is [2H]c1c([2H])c([2H])c2c([2H])c3c(c([2H])c([2H])c4c([2H])c([2H])c([2H])c([2H])c43)c(-c3ccc4c(ccc5cc(-c6c7c([2H])c([2H])c([2H])c([2H])c7c([2H])c7c6c([2H])c([2H])c6c([2H])c([2H])c([2H])c([2H])c67)ccc54)c3)c2c1[2H]. The standard InChI is InChI=1S/C50H30/c1-5-13-39-31(9-1)19-25-45-47(39)29-33-11-3-7-15-43(33)49(45)37-21-23-41-35(27-37)17-18-36-28-38(22-24-42(36)41)50-44-16-8-4-12-34(44)30-48-40-14-6-2-10-32(40)20-26-46(48)50/h1-30H/i1D,2D,3D,4D,5D,6D,7D,8D,9D,10D,11D,12D,13D,14D,15D,16D,19D,20D,25D,26D,29D,30D. The average Bonchev–Trinajstić information content (AvgIpc) is 3.36. The summed E-state index contributed by atoms with van der Waals surface area (Å²) >= 11 is 0. The van der Waals surface area contributed by atoms with Gasteiger partial charge in [-0.05, 0) is 133 Å². The van der Waals surface area contributed by atoms with E-state index < -0.39 is 133 Å². The number of fused-ring (bicyclic) bond motifs is 11. The second-order valence-corrected chi connectivity index (χ2v) is 11.9. The van der Waals surface area contributed by atoms with Crippen molar-refractivity contribution < 1.29 is 30.2 Å². The summed E-state index contributed by atoms with van der Waals surface area (Å²) in [6.07, 6.45) is 0. The Hall–Kier alpha value is -6.50. The summed E-state index contributed by atoms with van der Waals surface area (Å²) in [7, 11) is 0. The minimum absolute atomic E-state index is 0.0339. The Morgan fingerprint density at radius 2 is 0.660 bits per heavy atom. The van der Waals surface area contributed by atoms with Crippen LogP contribution < -0.4 is 0 Å². The van der Waals surface area contributed by atoms with Gasteiger partial charge in [-0.25, -0.2) is 0 Å². The van der Waals surface area contributed by atoms with E-state index in [1.807, 2.05) is 0 Å². The Bertz CT molecular complexity index is 4180. The molecule has 11 rings (SSSR count). The highest BCUT2D eigenvalue weighted by molar-refractivity contribution is 6.22. The van der Waals surface area contributed by atoms with Crippen LogP contribution in [-0.4, -0.2) is 0 Å². The minimum atomic E-state index is -0.660. The highest BCUT2D eigenvalue weighted by atomic mass is 14.2. The normalized spacial score (nSPS) is 18.2. The van der Waals surface area contributed by atoms with Crippen LogP contribution in [0, 0.1) is 0 Å². The molecule has 0 saturated carbocycles. The summed E-state index contributed by atoms with van der Waals surface area (Å²) in [5, 5.41) is -0.217. The van der Waals surface area contributed by atoms with Gasteiger partial charge in [0, 0.05) is 0 Å². The summed E-state index contributed by atoms with van der Waals surface area (Å²) < 4.78 is 195. The van der Waals surface area contributed by atoms with Gasteiger partial charge in [0.2, 0.25) is 0 Å². The van der Waals surface area contributed by atoms with Gasteiger partial charge in [0.15, 0.2) is 0 Å². The molecule has 0 heteroatoms. The lowest BCUT2D eigenvalue weighted by Crippen LogP contribution is -1.89. The molecule has 0 spiro atoms. The van der Waals surface area contributed by atoms with Crippen LogP contribution >= 0.6 is 0 Å². The van der Waals surface area contributed by atoms with Crippen molar-refractivity contribution in [3.05, 3.63) is 181 Å². The van der Waals surface area contributed by atoms with Crippen molar-refractivity contribution in [1.82, 2.24) is 0 Å². The molecule has 11 aromatic carbocycles. The molecule has 0 saturated heterocycles. The molecule has 0 heterocycles. The lowest BCUT2D eigenvalue weighted by atomic mass is 9.87. The van der Waals surface area contributed by atoms with E-state index in [1.165, 1.54) is 0 Å². The Kier molecular flexibility index (Phi) is 2.89. The fraction of sp³-hybridized carbons (Fsp3) is 0. The molecule has 0 atom stereocenters. The van der Waals surface area contributed by atoms with E-state index in [4.69, 9.17) is 24.7 Å². The van der Waals surface area contributed by atoms with Gasteiger partial charge < -0.3 is 0 Å². The van der Waals surface area contributed by atoms with Gasteiger partial charge in [0.25, 0.3) is 0 Å². The molecule has 0 nitrogen and oxygen atoms in total. The van der Waals surface area contributed by atoms with Gasteiger partial charge in [-0.3, -0.25) is 0 Å². The van der Waals surface area contributed by atoms with Crippen LogP contribution in [0.1, 0.15) is 30.2 Å². The summed E-state index contributed by atoms with van der Waals surface area (Å²) in [6.45, 7) is 0. The van der Waals surface area contributed by atoms with Crippen LogP contribution in [0.3, 0.4) is 0 Å². The van der Waals surface area contributed by atoms with Gasteiger partial charge >= 0.3 is 0 Å². The molecular formula is C50H30. The van der Waals surface area contributed by atoms with Crippen molar-refractivity contribution in [2.45, 2.75) is 0 Å². The third-order valence-electron chi connectivity index (χ3n) is 9.29. The lowest BCUT2D eigenvalue weighted by Gasteiger charge is -2.16. The first-order valence-corrected chi connectivity index (χ1v) is 15.6. The lowest BCUT2D eigenvalue weighted by molar-refractivity contribution is 1.70. The molecule has 230 valence electrons. The maximum Gasteiger partial charge on any atom is 0.0636 e. The number of hydrogen-bond acceptors (Lipinski definition) is 0. The molecule has 11 aromatic rings. The van der Waals surface area contributed by atoms with Crippen molar-refractivity contribution in [1.29, 1.82) is 0 Å². The third-order valence-corrected chi connectivity index (χ3v) is 9.29. The molecule has 0 amide bonds. The summed E-state index contributed by atoms with van der Waals surface area (Å²) in [5.74, 6) is 0. The second-order valence-electron chi connectivity index (χ2n) is 11.9. The zero-order valence-corrected chi connectivity index (χ0v) is 25.6. The van der Waals surface area contributed by atoms with Crippen LogP contribution in [0.4, 0.5) is 0 Å². The predicted molar refractivity (Wildman–Crippen MR) is 217 cm³/mol. The molecule has 0 radical (unpaired) electrons. The highest BCUT2D eigenvalue weighted by Gasteiger charge is 2.15. The molecule has 0 bridgehead atoms. The van der Waals surface area contributed by atoms with Gasteiger partial charge in [-0.2, -0.15) is 0 Å². The van der Waals surface area contributed by atoms with Crippen LogP contribution in [-0.2, 0) is 0 Å². The number of rotatable bonds is 2. The molecule has 0 aliphatic heterocycles. The number of benzene rings is 11. The van der Waals surface area contributed by atoms with Gasteiger partial charge in [0.1, 0.15) is 0 Å². The zero-order valence-electron chi connectivity index (χ0n) is 47.6. The molecule has 0 fully saturated rings. The molecule has 0 aliphatic rings. The van der Waals surface area contributed by atoms with Crippen LogP contribution in [0.25, 0.3) is 108 Å². The minimum Gasteiger partial charge on any atom is -0.0616 e. The molecule has 0 N–H and O–H groups in total. The van der Waals surface area contributed by atoms with E-state index in [0.717, 1.165) is 0 Å². The molecule has 50 heavy (non-hydrogen) atoms. The van der Waals surface area contributed by atoms with Crippen LogP contribution in [0.5, 0.6) is 0 Å². The Morgan fingerprint density at radius 3 is 1.12 bits per heavy atom. The highest BCUT2D eigenvalue weighted by Crippen LogP contribution is 2.43.